The first-order chi connectivity index (χ1) is 14.2. The molecule has 1 unspecified atom stereocenters. The maximum absolute atomic E-state index is 12.5. The van der Waals surface area contributed by atoms with Crippen LogP contribution in [0.4, 0.5) is 0 Å². The largest absolute Gasteiger partial charge is 0.353 e. The molecular weight excluding hydrogens is 358 g/mol. The van der Waals surface area contributed by atoms with Crippen molar-refractivity contribution < 1.29 is 4.79 Å². The van der Waals surface area contributed by atoms with Gasteiger partial charge in [-0.15, -0.1) is 0 Å². The summed E-state index contributed by atoms with van der Waals surface area (Å²) in [4.78, 5) is 17.7. The van der Waals surface area contributed by atoms with E-state index in [4.69, 9.17) is 0 Å². The van der Waals surface area contributed by atoms with Crippen LogP contribution in [0.5, 0.6) is 0 Å². The summed E-state index contributed by atoms with van der Waals surface area (Å²) in [6.45, 7) is 5.50. The van der Waals surface area contributed by atoms with Gasteiger partial charge in [-0.2, -0.15) is 0 Å². The predicted molar refractivity (Wildman–Crippen MR) is 118 cm³/mol. The van der Waals surface area contributed by atoms with Crippen molar-refractivity contribution in [1.29, 1.82) is 0 Å². The van der Waals surface area contributed by atoms with Gasteiger partial charge in [-0.05, 0) is 80.6 Å². The lowest BCUT2D eigenvalue weighted by Gasteiger charge is -2.42. The van der Waals surface area contributed by atoms with Crippen molar-refractivity contribution in [2.75, 3.05) is 26.2 Å². The number of hydrogen-bond donors (Lipinski definition) is 1. The molecule has 1 saturated carbocycles. The van der Waals surface area contributed by atoms with Crippen molar-refractivity contribution >= 4 is 16.7 Å². The third kappa shape index (κ3) is 4.65. The molecule has 4 heteroatoms. The molecule has 1 amide bonds. The number of nitrogens with one attached hydrogen (secondary N) is 1. The Balaban J connectivity index is 1.13. The van der Waals surface area contributed by atoms with Crippen LogP contribution in [0.15, 0.2) is 42.5 Å². The highest BCUT2D eigenvalue weighted by Gasteiger charge is 2.33. The Morgan fingerprint density at radius 1 is 0.931 bits per heavy atom. The minimum atomic E-state index is 0.208. The van der Waals surface area contributed by atoms with Crippen LogP contribution in [-0.4, -0.2) is 54.0 Å². The number of nitrogens with zero attached hydrogens (tertiary/aromatic N) is 2. The smallest absolute Gasteiger partial charge is 0.224 e. The summed E-state index contributed by atoms with van der Waals surface area (Å²) in [5, 5.41) is 5.88. The molecule has 2 saturated heterocycles. The molecule has 3 fully saturated rings. The molecular formula is C25H33N3O. The summed E-state index contributed by atoms with van der Waals surface area (Å²) in [6.07, 6.45) is 7.04. The van der Waals surface area contributed by atoms with Gasteiger partial charge in [-0.1, -0.05) is 36.4 Å². The van der Waals surface area contributed by atoms with Gasteiger partial charge in [0.1, 0.15) is 0 Å². The zero-order valence-corrected chi connectivity index (χ0v) is 17.4. The molecule has 5 rings (SSSR count). The number of carbonyl (C=O) groups is 1. The highest BCUT2D eigenvalue weighted by molar-refractivity contribution is 5.83. The Kier molecular flexibility index (Phi) is 5.56. The van der Waals surface area contributed by atoms with Gasteiger partial charge in [0.25, 0.3) is 0 Å². The first-order valence-corrected chi connectivity index (χ1v) is 11.5. The molecule has 4 nitrogen and oxygen atoms in total. The summed E-state index contributed by atoms with van der Waals surface area (Å²) in [5.74, 6) is 0.519. The Morgan fingerprint density at radius 3 is 2.52 bits per heavy atom. The Bertz CT molecular complexity index is 854. The number of fused-ring (bicyclic) bond motifs is 1. The van der Waals surface area contributed by atoms with Crippen molar-refractivity contribution in [2.24, 2.45) is 5.92 Å². The molecule has 2 aliphatic heterocycles. The van der Waals surface area contributed by atoms with Crippen molar-refractivity contribution in [1.82, 2.24) is 15.1 Å². The third-order valence-corrected chi connectivity index (χ3v) is 7.04. The van der Waals surface area contributed by atoms with Gasteiger partial charge < -0.3 is 5.32 Å². The number of carbonyl (C=O) groups excluding carboxylic acids is 1. The minimum absolute atomic E-state index is 0.208. The number of likely N-dealkylation sites (tertiary alicyclic amines) is 2. The van der Waals surface area contributed by atoms with Gasteiger partial charge in [-0.25, -0.2) is 0 Å². The maximum atomic E-state index is 12.5. The van der Waals surface area contributed by atoms with Crippen LogP contribution in [0.1, 0.15) is 44.1 Å². The molecule has 0 bridgehead atoms. The number of piperidine rings is 2. The van der Waals surface area contributed by atoms with E-state index in [2.05, 4.69) is 57.6 Å². The molecule has 0 spiro atoms. The van der Waals surface area contributed by atoms with E-state index in [0.717, 1.165) is 32.6 Å². The molecule has 0 radical (unpaired) electrons. The second kappa shape index (κ2) is 8.45. The first-order valence-electron chi connectivity index (χ1n) is 11.5. The van der Waals surface area contributed by atoms with E-state index >= 15 is 0 Å². The zero-order valence-electron chi connectivity index (χ0n) is 17.4. The molecule has 2 aromatic carbocycles. The fourth-order valence-corrected chi connectivity index (χ4v) is 5.14. The molecule has 2 heterocycles. The van der Waals surface area contributed by atoms with E-state index in [0.29, 0.717) is 18.0 Å². The summed E-state index contributed by atoms with van der Waals surface area (Å²) >= 11 is 0. The van der Waals surface area contributed by atoms with E-state index in [1.165, 1.54) is 55.0 Å². The number of hydrogen-bond acceptors (Lipinski definition) is 3. The first kappa shape index (κ1) is 19.1. The lowest BCUT2D eigenvalue weighted by molar-refractivity contribution is -0.127. The van der Waals surface area contributed by atoms with Crippen LogP contribution in [-0.2, 0) is 11.3 Å². The lowest BCUT2D eigenvalue weighted by Crippen LogP contribution is -2.50. The molecule has 29 heavy (non-hydrogen) atoms. The topological polar surface area (TPSA) is 35.6 Å². The quantitative estimate of drug-likeness (QED) is 0.842. The third-order valence-electron chi connectivity index (χ3n) is 7.04. The van der Waals surface area contributed by atoms with Crippen LogP contribution in [0, 0.1) is 5.92 Å². The maximum Gasteiger partial charge on any atom is 0.224 e. The van der Waals surface area contributed by atoms with Crippen molar-refractivity contribution in [3.8, 4) is 0 Å². The van der Waals surface area contributed by atoms with Crippen LogP contribution in [0.2, 0.25) is 0 Å². The van der Waals surface area contributed by atoms with Crippen LogP contribution in [0.25, 0.3) is 10.8 Å². The predicted octanol–water partition coefficient (Wildman–Crippen LogP) is 3.79. The van der Waals surface area contributed by atoms with Gasteiger partial charge in [0.05, 0.1) is 5.92 Å². The zero-order chi connectivity index (χ0) is 19.6. The summed E-state index contributed by atoms with van der Waals surface area (Å²) < 4.78 is 0. The Hall–Kier alpha value is -1.91. The summed E-state index contributed by atoms with van der Waals surface area (Å²) in [7, 11) is 0. The van der Waals surface area contributed by atoms with E-state index < -0.39 is 0 Å². The van der Waals surface area contributed by atoms with E-state index in [9.17, 15) is 4.79 Å². The van der Waals surface area contributed by atoms with Crippen LogP contribution in [0.3, 0.4) is 0 Å². The van der Waals surface area contributed by atoms with Gasteiger partial charge in [0.2, 0.25) is 5.91 Å². The van der Waals surface area contributed by atoms with Gasteiger partial charge in [-0.3, -0.25) is 14.6 Å². The number of rotatable bonds is 5. The standard InChI is InChI=1S/C25H33N3O/c29-25(26-23-9-10-23)22-6-3-13-28(18-22)24-11-14-27(15-12-24)17-19-7-8-20-4-1-2-5-21(20)16-19/h1-2,4-5,7-8,16,22-24H,3,6,9-15,17-18H2,(H,26,29). The van der Waals surface area contributed by atoms with Crippen molar-refractivity contribution in [3.05, 3.63) is 48.0 Å². The number of amides is 1. The molecule has 3 aliphatic rings. The van der Waals surface area contributed by atoms with E-state index in [1.807, 2.05) is 0 Å². The van der Waals surface area contributed by atoms with Crippen LogP contribution < -0.4 is 5.32 Å². The Morgan fingerprint density at radius 2 is 1.72 bits per heavy atom. The highest BCUT2D eigenvalue weighted by atomic mass is 16.2. The second-order valence-electron chi connectivity index (χ2n) is 9.31. The van der Waals surface area contributed by atoms with Gasteiger partial charge in [0, 0.05) is 25.2 Å². The molecule has 1 atom stereocenters. The molecule has 1 aliphatic carbocycles. The Labute approximate surface area is 174 Å². The van der Waals surface area contributed by atoms with E-state index in [1.54, 1.807) is 0 Å². The van der Waals surface area contributed by atoms with Crippen molar-refractivity contribution in [2.45, 2.75) is 57.2 Å². The SMILES string of the molecule is O=C(NC1CC1)C1CCCN(C2CCN(Cc3ccc4ccccc4c3)CC2)C1. The summed E-state index contributed by atoms with van der Waals surface area (Å²) in [6, 6.07) is 16.6. The van der Waals surface area contributed by atoms with Crippen molar-refractivity contribution in [3.63, 3.8) is 0 Å². The molecule has 1 N–H and O–H groups in total. The molecule has 154 valence electrons. The van der Waals surface area contributed by atoms with E-state index in [-0.39, 0.29) is 5.92 Å². The van der Waals surface area contributed by atoms with Gasteiger partial charge >= 0.3 is 0 Å². The second-order valence-corrected chi connectivity index (χ2v) is 9.31. The van der Waals surface area contributed by atoms with Crippen LogP contribution >= 0.6 is 0 Å². The van der Waals surface area contributed by atoms with Gasteiger partial charge in [0.15, 0.2) is 0 Å². The fourth-order valence-electron chi connectivity index (χ4n) is 5.14. The number of benzene rings is 2. The molecule has 0 aromatic heterocycles. The minimum Gasteiger partial charge on any atom is -0.353 e. The average molecular weight is 392 g/mol. The summed E-state index contributed by atoms with van der Waals surface area (Å²) in [5.41, 5.74) is 1.41. The fraction of sp³-hybridized carbons (Fsp3) is 0.560. The highest BCUT2D eigenvalue weighted by Crippen LogP contribution is 2.26. The average Bonchev–Trinajstić information content (AvgIpc) is 3.58. The normalized spacial score (nSPS) is 24.6. The molecule has 2 aromatic rings. The lowest BCUT2D eigenvalue weighted by atomic mass is 9.93. The monoisotopic (exact) mass is 391 g/mol.